The van der Waals surface area contributed by atoms with Gasteiger partial charge >= 0.3 is 5.97 Å². The van der Waals surface area contributed by atoms with Gasteiger partial charge in [-0.15, -0.1) is 0 Å². The minimum atomic E-state index is -1.21. The number of fused-ring (bicyclic) bond motifs is 1. The van der Waals surface area contributed by atoms with Crippen LogP contribution in [-0.4, -0.2) is 11.1 Å². The smallest absolute Gasteiger partial charge is 0.338 e. The maximum atomic E-state index is 13.2. The number of benzene rings is 1. The molecule has 74 valence electrons. The highest BCUT2D eigenvalue weighted by Gasteiger charge is 2.26. The van der Waals surface area contributed by atoms with Gasteiger partial charge in [-0.2, -0.15) is 0 Å². The maximum absolute atomic E-state index is 13.2. The fourth-order valence-corrected chi connectivity index (χ4v) is 1.94. The molecule has 3 nitrogen and oxygen atoms in total. The van der Waals surface area contributed by atoms with Crippen LogP contribution >= 0.6 is 0 Å². The van der Waals surface area contributed by atoms with Gasteiger partial charge in [-0.25, -0.2) is 9.18 Å². The van der Waals surface area contributed by atoms with E-state index in [1.807, 2.05) is 0 Å². The molecular formula is C10H10FNO2. The van der Waals surface area contributed by atoms with Crippen LogP contribution in [0.1, 0.15) is 33.9 Å². The van der Waals surface area contributed by atoms with E-state index in [9.17, 15) is 9.18 Å². The summed E-state index contributed by atoms with van der Waals surface area (Å²) in [5, 5.41) is 8.84. The molecule has 0 bridgehead atoms. The molecule has 1 atom stereocenters. The highest BCUT2D eigenvalue weighted by molar-refractivity contribution is 5.90. The lowest BCUT2D eigenvalue weighted by atomic mass is 10.0. The van der Waals surface area contributed by atoms with Crippen LogP contribution in [0.2, 0.25) is 0 Å². The number of carboxylic acids is 1. The molecule has 0 radical (unpaired) electrons. The van der Waals surface area contributed by atoms with E-state index in [2.05, 4.69) is 0 Å². The molecule has 1 aromatic carbocycles. The van der Waals surface area contributed by atoms with Crippen molar-refractivity contribution in [1.29, 1.82) is 0 Å². The Balaban J connectivity index is 2.65. The van der Waals surface area contributed by atoms with Crippen LogP contribution in [0.15, 0.2) is 12.1 Å². The zero-order valence-corrected chi connectivity index (χ0v) is 7.46. The zero-order chi connectivity index (χ0) is 10.3. The molecule has 3 N–H and O–H groups in total. The van der Waals surface area contributed by atoms with E-state index >= 15 is 0 Å². The molecule has 0 spiro atoms. The Bertz CT molecular complexity index is 403. The molecule has 0 saturated carbocycles. The number of halogens is 1. The molecule has 2 rings (SSSR count). The highest BCUT2D eigenvalue weighted by Crippen LogP contribution is 2.32. The molecule has 1 aliphatic rings. The monoisotopic (exact) mass is 195 g/mol. The molecule has 0 heterocycles. The number of hydrogen-bond acceptors (Lipinski definition) is 2. The first kappa shape index (κ1) is 9.15. The van der Waals surface area contributed by atoms with Gasteiger partial charge in [0.15, 0.2) is 0 Å². The van der Waals surface area contributed by atoms with Crippen molar-refractivity contribution in [3.05, 3.63) is 34.6 Å². The van der Waals surface area contributed by atoms with E-state index in [1.54, 1.807) is 6.07 Å². The predicted molar refractivity (Wildman–Crippen MR) is 48.6 cm³/mol. The lowest BCUT2D eigenvalue weighted by molar-refractivity contribution is 0.0690. The quantitative estimate of drug-likeness (QED) is 0.713. The summed E-state index contributed by atoms with van der Waals surface area (Å²) in [5.41, 5.74) is 6.87. The SMILES string of the molecule is NC1CCc2c1ccc(F)c2C(=O)O. The van der Waals surface area contributed by atoms with Gasteiger partial charge in [0.05, 0.1) is 5.56 Å². The Morgan fingerprint density at radius 3 is 2.93 bits per heavy atom. The van der Waals surface area contributed by atoms with Crippen LogP contribution in [0.25, 0.3) is 0 Å². The van der Waals surface area contributed by atoms with Crippen molar-refractivity contribution >= 4 is 5.97 Å². The summed E-state index contributed by atoms with van der Waals surface area (Å²) in [6.45, 7) is 0. The minimum Gasteiger partial charge on any atom is -0.478 e. The van der Waals surface area contributed by atoms with Crippen molar-refractivity contribution < 1.29 is 14.3 Å². The van der Waals surface area contributed by atoms with Crippen molar-refractivity contribution in [2.24, 2.45) is 5.73 Å². The number of aromatic carboxylic acids is 1. The first-order chi connectivity index (χ1) is 6.61. The second kappa shape index (κ2) is 3.06. The fourth-order valence-electron chi connectivity index (χ4n) is 1.94. The van der Waals surface area contributed by atoms with Gasteiger partial charge in [0.25, 0.3) is 0 Å². The van der Waals surface area contributed by atoms with Crippen molar-refractivity contribution in [3.8, 4) is 0 Å². The Labute approximate surface area is 80.3 Å². The molecule has 4 heteroatoms. The summed E-state index contributed by atoms with van der Waals surface area (Å²) in [4.78, 5) is 10.8. The number of rotatable bonds is 1. The van der Waals surface area contributed by atoms with Gasteiger partial charge in [-0.1, -0.05) is 6.07 Å². The van der Waals surface area contributed by atoms with Crippen LogP contribution in [0, 0.1) is 5.82 Å². The molecular weight excluding hydrogens is 185 g/mol. The van der Waals surface area contributed by atoms with Crippen molar-refractivity contribution in [1.82, 2.24) is 0 Å². The van der Waals surface area contributed by atoms with Crippen LogP contribution in [0.5, 0.6) is 0 Å². The van der Waals surface area contributed by atoms with Gasteiger partial charge in [-0.05, 0) is 30.0 Å². The van der Waals surface area contributed by atoms with Crippen LogP contribution in [0.4, 0.5) is 4.39 Å². The molecule has 14 heavy (non-hydrogen) atoms. The lowest BCUT2D eigenvalue weighted by Crippen LogP contribution is -2.08. The third-order valence-electron chi connectivity index (χ3n) is 2.62. The molecule has 0 amide bonds. The van der Waals surface area contributed by atoms with Crippen LogP contribution in [0.3, 0.4) is 0 Å². The molecule has 1 aliphatic carbocycles. The normalized spacial score (nSPS) is 19.4. The molecule has 0 aliphatic heterocycles. The molecule has 0 saturated heterocycles. The minimum absolute atomic E-state index is 0.149. The van der Waals surface area contributed by atoms with E-state index < -0.39 is 11.8 Å². The van der Waals surface area contributed by atoms with Gasteiger partial charge in [0.1, 0.15) is 5.82 Å². The van der Waals surface area contributed by atoms with Gasteiger partial charge in [-0.3, -0.25) is 0 Å². The number of carbonyl (C=O) groups is 1. The summed E-state index contributed by atoms with van der Waals surface area (Å²) in [7, 11) is 0. The largest absolute Gasteiger partial charge is 0.478 e. The van der Waals surface area contributed by atoms with E-state index in [0.29, 0.717) is 18.4 Å². The summed E-state index contributed by atoms with van der Waals surface area (Å²) >= 11 is 0. The van der Waals surface area contributed by atoms with Crippen molar-refractivity contribution in [3.63, 3.8) is 0 Å². The summed E-state index contributed by atoms with van der Waals surface area (Å²) in [6, 6.07) is 2.60. The second-order valence-corrected chi connectivity index (χ2v) is 3.44. The Morgan fingerprint density at radius 2 is 2.29 bits per heavy atom. The summed E-state index contributed by atoms with van der Waals surface area (Å²) < 4.78 is 13.2. The predicted octanol–water partition coefficient (Wildman–Crippen LogP) is 1.47. The van der Waals surface area contributed by atoms with Crippen molar-refractivity contribution in [2.45, 2.75) is 18.9 Å². The number of carboxylic acid groups (broad SMARTS) is 1. The first-order valence-electron chi connectivity index (χ1n) is 4.41. The average Bonchev–Trinajstić information content (AvgIpc) is 2.47. The van der Waals surface area contributed by atoms with E-state index in [0.717, 1.165) is 5.56 Å². The molecule has 1 unspecified atom stereocenters. The summed E-state index contributed by atoms with van der Waals surface area (Å²) in [6.07, 6.45) is 1.25. The molecule has 1 aromatic rings. The Hall–Kier alpha value is -1.42. The maximum Gasteiger partial charge on any atom is 0.338 e. The van der Waals surface area contributed by atoms with Crippen molar-refractivity contribution in [2.75, 3.05) is 0 Å². The first-order valence-corrected chi connectivity index (χ1v) is 4.41. The lowest BCUT2D eigenvalue weighted by Gasteiger charge is -2.07. The average molecular weight is 195 g/mol. The van der Waals surface area contributed by atoms with E-state index in [-0.39, 0.29) is 11.6 Å². The second-order valence-electron chi connectivity index (χ2n) is 3.44. The molecule has 0 fully saturated rings. The highest BCUT2D eigenvalue weighted by atomic mass is 19.1. The van der Waals surface area contributed by atoms with Crippen LogP contribution < -0.4 is 5.73 Å². The topological polar surface area (TPSA) is 63.3 Å². The third-order valence-corrected chi connectivity index (χ3v) is 2.62. The number of hydrogen-bond donors (Lipinski definition) is 2. The van der Waals surface area contributed by atoms with E-state index in [1.165, 1.54) is 6.07 Å². The number of nitrogens with two attached hydrogens (primary N) is 1. The Kier molecular flexibility index (Phi) is 2.00. The van der Waals surface area contributed by atoms with E-state index in [4.69, 9.17) is 10.8 Å². The van der Waals surface area contributed by atoms with Crippen LogP contribution in [-0.2, 0) is 6.42 Å². The van der Waals surface area contributed by atoms with Gasteiger partial charge in [0, 0.05) is 6.04 Å². The Morgan fingerprint density at radius 1 is 1.57 bits per heavy atom. The summed E-state index contributed by atoms with van der Waals surface area (Å²) in [5.74, 6) is -1.89. The fraction of sp³-hybridized carbons (Fsp3) is 0.300. The van der Waals surface area contributed by atoms with Gasteiger partial charge < -0.3 is 10.8 Å². The third kappa shape index (κ3) is 1.19. The zero-order valence-electron chi connectivity index (χ0n) is 7.46. The molecule has 0 aromatic heterocycles. The standard InChI is InChI=1S/C10H10FNO2/c11-7-3-1-5-6(2-4-8(5)12)9(7)10(13)14/h1,3,8H,2,4,12H2,(H,13,14). The van der Waals surface area contributed by atoms with Gasteiger partial charge in [0.2, 0.25) is 0 Å².